The van der Waals surface area contributed by atoms with E-state index >= 15 is 0 Å². The maximum Gasteiger partial charge on any atom is 0.573 e. The zero-order valence-corrected chi connectivity index (χ0v) is 27.4. The first-order valence-corrected chi connectivity index (χ1v) is 15.9. The molecule has 252 valence electrons. The van der Waals surface area contributed by atoms with Gasteiger partial charge in [0.05, 0.1) is 5.69 Å². The number of aromatic nitrogens is 8. The number of hydrogen-bond donors (Lipinski definition) is 2. The Hall–Kier alpha value is -5.55. The number of ether oxygens (including phenoxy) is 1. The van der Waals surface area contributed by atoms with E-state index in [-0.39, 0.29) is 23.0 Å². The van der Waals surface area contributed by atoms with Crippen molar-refractivity contribution in [3.8, 4) is 45.7 Å². The third kappa shape index (κ3) is 5.98. The third-order valence-corrected chi connectivity index (χ3v) is 8.93. The maximum absolute atomic E-state index is 13.1. The van der Waals surface area contributed by atoms with Crippen molar-refractivity contribution in [1.82, 2.24) is 40.0 Å². The molecule has 0 saturated carbocycles. The van der Waals surface area contributed by atoms with Crippen molar-refractivity contribution >= 4 is 44.4 Å². The van der Waals surface area contributed by atoms with Crippen molar-refractivity contribution in [1.29, 1.82) is 0 Å². The van der Waals surface area contributed by atoms with Crippen LogP contribution >= 0.6 is 27.5 Å². The van der Waals surface area contributed by atoms with Crippen molar-refractivity contribution in [2.75, 3.05) is 0 Å². The number of halogens is 5. The van der Waals surface area contributed by atoms with Gasteiger partial charge in [0.2, 0.25) is 5.82 Å². The summed E-state index contributed by atoms with van der Waals surface area (Å²) in [6.07, 6.45) is -1.45. The van der Waals surface area contributed by atoms with E-state index in [1.165, 1.54) is 23.4 Å². The summed E-state index contributed by atoms with van der Waals surface area (Å²) in [5, 5.41) is 23.8. The van der Waals surface area contributed by atoms with Gasteiger partial charge >= 0.3 is 12.3 Å². The fourth-order valence-electron chi connectivity index (χ4n) is 6.22. The number of aromatic amines is 1. The summed E-state index contributed by atoms with van der Waals surface area (Å²) in [5.74, 6) is -3.25. The molecule has 18 heteroatoms. The van der Waals surface area contributed by atoms with Crippen LogP contribution in [0.15, 0.2) is 80.8 Å². The van der Waals surface area contributed by atoms with E-state index in [0.29, 0.717) is 46.4 Å². The predicted octanol–water partition coefficient (Wildman–Crippen LogP) is 7.73. The molecule has 0 amide bonds. The molecule has 4 aromatic heterocycles. The fraction of sp³-hybridized carbons (Fsp3) is 0.156. The van der Waals surface area contributed by atoms with Gasteiger partial charge in [-0.1, -0.05) is 37.8 Å². The van der Waals surface area contributed by atoms with Gasteiger partial charge in [-0.25, -0.2) is 9.67 Å². The summed E-state index contributed by atoms with van der Waals surface area (Å²) in [6.45, 7) is 0. The largest absolute Gasteiger partial charge is 0.573 e. The molecule has 50 heavy (non-hydrogen) atoms. The average Bonchev–Trinajstić information content (AvgIpc) is 3.89. The summed E-state index contributed by atoms with van der Waals surface area (Å²) in [6, 6.07) is 14.5. The number of aliphatic carboxylic acids is 1. The molecule has 0 fully saturated rings. The summed E-state index contributed by atoms with van der Waals surface area (Å²) in [5.41, 5.74) is 3.99. The van der Waals surface area contributed by atoms with Crippen LogP contribution in [-0.4, -0.2) is 57.5 Å². The molecule has 0 spiro atoms. The third-order valence-electron chi connectivity index (χ3n) is 8.25. The Bertz CT molecular complexity index is 2390. The standard InChI is InChI=1S/C32H19BrClF3N8O5/c33-17-5-15(6-18(34)10-17)29-41-27(43-49-29)14-1-4-24-23(9-14)21-2-3-22(26(21)40-24)25(31(46)47)28-42-30(50-44-28)16-7-19(45-13-38-12-39-45)11-20(8-16)48-32(35,36)37/h1,4-13,22,25,40H,2-3H2,(H,46,47). The van der Waals surface area contributed by atoms with E-state index in [4.69, 9.17) is 20.6 Å². The second-order valence-electron chi connectivity index (χ2n) is 11.4. The number of rotatable bonds is 8. The molecule has 4 heterocycles. The fourth-order valence-corrected chi connectivity index (χ4v) is 7.08. The van der Waals surface area contributed by atoms with E-state index in [0.717, 1.165) is 33.1 Å². The number of alkyl halides is 3. The summed E-state index contributed by atoms with van der Waals surface area (Å²) < 4.78 is 56.4. The van der Waals surface area contributed by atoms with Gasteiger partial charge in [-0.05, 0) is 66.9 Å². The topological polar surface area (TPSA) is 171 Å². The molecule has 1 aliphatic carbocycles. The van der Waals surface area contributed by atoms with Crippen LogP contribution in [0.5, 0.6) is 5.75 Å². The normalized spacial score (nSPS) is 15.0. The van der Waals surface area contributed by atoms with Gasteiger partial charge in [0.1, 0.15) is 24.3 Å². The molecule has 0 aliphatic heterocycles. The smallest absolute Gasteiger partial charge is 0.481 e. The minimum Gasteiger partial charge on any atom is -0.481 e. The number of fused-ring (bicyclic) bond motifs is 3. The maximum atomic E-state index is 13.1. The molecule has 8 rings (SSSR count). The highest BCUT2D eigenvalue weighted by molar-refractivity contribution is 9.10. The lowest BCUT2D eigenvalue weighted by Crippen LogP contribution is -2.20. The van der Waals surface area contributed by atoms with E-state index in [9.17, 15) is 23.1 Å². The van der Waals surface area contributed by atoms with Crippen molar-refractivity contribution in [3.05, 3.63) is 93.8 Å². The van der Waals surface area contributed by atoms with E-state index in [2.05, 4.69) is 56.0 Å². The highest BCUT2D eigenvalue weighted by Crippen LogP contribution is 2.46. The molecule has 0 radical (unpaired) electrons. The summed E-state index contributed by atoms with van der Waals surface area (Å²) >= 11 is 9.60. The number of carboxylic acids is 1. The second kappa shape index (κ2) is 12.1. The number of H-pyrrole nitrogens is 1. The van der Waals surface area contributed by atoms with Crippen LogP contribution in [0.3, 0.4) is 0 Å². The molecule has 2 atom stereocenters. The number of hydrogen-bond acceptors (Lipinski definition) is 10. The minimum atomic E-state index is -4.98. The molecule has 7 aromatic rings. The quantitative estimate of drug-likeness (QED) is 0.155. The van der Waals surface area contributed by atoms with E-state index < -0.39 is 29.9 Å². The lowest BCUT2D eigenvalue weighted by molar-refractivity contribution is -0.274. The predicted molar refractivity (Wildman–Crippen MR) is 173 cm³/mol. The molecular formula is C32H19BrClF3N8O5. The number of aryl methyl sites for hydroxylation is 1. The van der Waals surface area contributed by atoms with Gasteiger partial charge in [0, 0.05) is 54.8 Å². The van der Waals surface area contributed by atoms with Gasteiger partial charge in [0.15, 0.2) is 5.82 Å². The lowest BCUT2D eigenvalue weighted by Gasteiger charge is -2.16. The van der Waals surface area contributed by atoms with Crippen molar-refractivity contribution in [2.24, 2.45) is 0 Å². The van der Waals surface area contributed by atoms with Crippen LogP contribution in [0.4, 0.5) is 13.2 Å². The number of nitrogens with one attached hydrogen (secondary N) is 1. The van der Waals surface area contributed by atoms with Gasteiger partial charge in [-0.2, -0.15) is 15.1 Å². The monoisotopic (exact) mass is 766 g/mol. The van der Waals surface area contributed by atoms with Crippen LogP contribution < -0.4 is 4.74 Å². The van der Waals surface area contributed by atoms with E-state index in [1.807, 2.05) is 24.3 Å². The zero-order valence-electron chi connectivity index (χ0n) is 25.0. The molecule has 3 aromatic carbocycles. The molecule has 2 N–H and O–H groups in total. The zero-order chi connectivity index (χ0) is 34.7. The van der Waals surface area contributed by atoms with Gasteiger partial charge in [-0.3, -0.25) is 4.79 Å². The Labute approximate surface area is 291 Å². The molecule has 0 saturated heterocycles. The molecular weight excluding hydrogens is 749 g/mol. The highest BCUT2D eigenvalue weighted by atomic mass is 79.9. The Balaban J connectivity index is 1.11. The van der Waals surface area contributed by atoms with Crippen molar-refractivity contribution in [3.63, 3.8) is 0 Å². The SMILES string of the molecule is O=C(O)C(c1noc(-c2cc(OC(F)(F)F)cc(-n3cncn3)c2)n1)C1CCc2c1[nH]c1ccc(-c3noc(-c4cc(Cl)cc(Br)c4)n3)cc21. The van der Waals surface area contributed by atoms with Crippen LogP contribution in [0.25, 0.3) is 50.9 Å². The van der Waals surface area contributed by atoms with Gasteiger partial charge < -0.3 is 23.9 Å². The Morgan fingerprint density at radius 2 is 1.84 bits per heavy atom. The number of carbonyl (C=O) groups is 1. The minimum absolute atomic E-state index is 0.0537. The lowest BCUT2D eigenvalue weighted by atomic mass is 9.89. The van der Waals surface area contributed by atoms with Crippen LogP contribution in [0, 0.1) is 0 Å². The molecule has 2 unspecified atom stereocenters. The number of carboxylic acid groups (broad SMARTS) is 1. The second-order valence-corrected chi connectivity index (χ2v) is 12.7. The highest BCUT2D eigenvalue weighted by Gasteiger charge is 2.41. The first-order valence-electron chi connectivity index (χ1n) is 14.8. The van der Waals surface area contributed by atoms with Crippen LogP contribution in [0.2, 0.25) is 5.02 Å². The molecule has 1 aliphatic rings. The molecule has 13 nitrogen and oxygen atoms in total. The van der Waals surface area contributed by atoms with Crippen LogP contribution in [0.1, 0.15) is 35.3 Å². The van der Waals surface area contributed by atoms with Crippen LogP contribution in [-0.2, 0) is 11.2 Å². The number of benzene rings is 3. The number of nitrogens with zero attached hydrogens (tertiary/aromatic N) is 7. The van der Waals surface area contributed by atoms with Gasteiger partial charge in [-0.15, -0.1) is 13.2 Å². The van der Waals surface area contributed by atoms with Crippen molar-refractivity contribution in [2.45, 2.75) is 31.0 Å². The first kappa shape index (κ1) is 31.7. The first-order chi connectivity index (χ1) is 24.0. The molecule has 0 bridgehead atoms. The Kier molecular flexibility index (Phi) is 7.67. The Morgan fingerprint density at radius 3 is 2.60 bits per heavy atom. The Morgan fingerprint density at radius 1 is 1.04 bits per heavy atom. The summed E-state index contributed by atoms with van der Waals surface area (Å²) in [4.78, 5) is 28.8. The van der Waals surface area contributed by atoms with Crippen molar-refractivity contribution < 1.29 is 36.9 Å². The van der Waals surface area contributed by atoms with Gasteiger partial charge in [0.25, 0.3) is 11.8 Å². The van der Waals surface area contributed by atoms with E-state index in [1.54, 1.807) is 12.1 Å². The average molecular weight is 768 g/mol. The summed E-state index contributed by atoms with van der Waals surface area (Å²) in [7, 11) is 0.